The summed E-state index contributed by atoms with van der Waals surface area (Å²) in [4.78, 5) is 29.2. The highest BCUT2D eigenvalue weighted by atomic mass is 19.1. The number of carbonyl (C=O) groups excluding carboxylic acids is 1. The third-order valence-electron chi connectivity index (χ3n) is 2.89. The molecule has 6 heteroatoms. The van der Waals surface area contributed by atoms with Crippen LogP contribution in [0.3, 0.4) is 0 Å². The molecule has 0 aliphatic carbocycles. The Hall–Kier alpha value is -2.37. The molecule has 0 atom stereocenters. The normalized spacial score (nSPS) is 10.6. The second-order valence-electron chi connectivity index (χ2n) is 4.30. The maximum absolute atomic E-state index is 13.2. The largest absolute Gasteiger partial charge is 0.413 e. The van der Waals surface area contributed by atoms with Gasteiger partial charge in [-0.2, -0.15) is 0 Å². The van der Waals surface area contributed by atoms with E-state index >= 15 is 0 Å². The van der Waals surface area contributed by atoms with E-state index in [2.05, 4.69) is 5.32 Å². The molecule has 0 aliphatic rings. The molecule has 0 saturated heterocycles. The molecule has 0 aliphatic heterocycles. The first-order valence-corrected chi connectivity index (χ1v) is 6.26. The molecule has 20 heavy (non-hydrogen) atoms. The smallest absolute Gasteiger partial charge is 0.291 e. The van der Waals surface area contributed by atoms with Crippen LogP contribution in [0.2, 0.25) is 0 Å². The van der Waals surface area contributed by atoms with Gasteiger partial charge in [0.25, 0.3) is 11.5 Å². The van der Waals surface area contributed by atoms with Crippen LogP contribution in [0.25, 0.3) is 10.8 Å². The summed E-state index contributed by atoms with van der Waals surface area (Å²) in [5.41, 5.74) is -0.476. The molecule has 5 nitrogen and oxygen atoms in total. The summed E-state index contributed by atoms with van der Waals surface area (Å²) < 4.78 is 14.1. The quantitative estimate of drug-likeness (QED) is 0.918. The summed E-state index contributed by atoms with van der Waals surface area (Å²) in [7, 11) is 1.28. The molecule has 106 valence electrons. The van der Waals surface area contributed by atoms with Crippen molar-refractivity contribution in [1.29, 1.82) is 0 Å². The number of hydrogen-bond acceptors (Lipinski definition) is 3. The van der Waals surface area contributed by atoms with Gasteiger partial charge in [0.05, 0.1) is 5.39 Å². The van der Waals surface area contributed by atoms with Crippen LogP contribution in [-0.2, 0) is 0 Å². The van der Waals surface area contributed by atoms with E-state index in [-0.39, 0.29) is 11.1 Å². The minimum absolute atomic E-state index is 0.0880. The van der Waals surface area contributed by atoms with Crippen molar-refractivity contribution >= 4 is 16.7 Å². The highest BCUT2D eigenvalue weighted by molar-refractivity contribution is 5.96. The van der Waals surface area contributed by atoms with E-state index in [4.69, 9.17) is 4.84 Å². The van der Waals surface area contributed by atoms with Gasteiger partial charge in [0.1, 0.15) is 18.6 Å². The van der Waals surface area contributed by atoms with Crippen molar-refractivity contribution in [3.05, 3.63) is 46.1 Å². The Morgan fingerprint density at radius 3 is 2.80 bits per heavy atom. The Labute approximate surface area is 114 Å². The van der Waals surface area contributed by atoms with Crippen molar-refractivity contribution in [2.45, 2.75) is 13.3 Å². The van der Waals surface area contributed by atoms with Gasteiger partial charge in [0.2, 0.25) is 0 Å². The Kier molecular flexibility index (Phi) is 4.02. The molecule has 0 unspecified atom stereocenters. The molecule has 2 rings (SSSR count). The van der Waals surface area contributed by atoms with Gasteiger partial charge in [-0.1, -0.05) is 13.0 Å². The molecule has 1 amide bonds. The van der Waals surface area contributed by atoms with Crippen LogP contribution in [0, 0.1) is 5.82 Å². The number of pyridine rings is 1. The monoisotopic (exact) mass is 278 g/mol. The molecule has 1 aromatic carbocycles. The number of nitrogens with one attached hydrogen (secondary N) is 1. The molecule has 0 radical (unpaired) electrons. The van der Waals surface area contributed by atoms with Crippen LogP contribution in [0.15, 0.2) is 29.1 Å². The van der Waals surface area contributed by atoms with Crippen LogP contribution in [0.5, 0.6) is 0 Å². The first kappa shape index (κ1) is 14.0. The fourth-order valence-corrected chi connectivity index (χ4v) is 1.93. The number of amides is 1. The minimum Gasteiger partial charge on any atom is -0.413 e. The number of carbonyl (C=O) groups is 1. The number of halogens is 1. The Morgan fingerprint density at radius 1 is 1.40 bits per heavy atom. The van der Waals surface area contributed by atoms with Crippen LogP contribution >= 0.6 is 0 Å². The second-order valence-corrected chi connectivity index (χ2v) is 4.30. The zero-order valence-electron chi connectivity index (χ0n) is 11.3. The third kappa shape index (κ3) is 2.49. The number of benzene rings is 1. The minimum atomic E-state index is -0.564. The number of aromatic nitrogens is 1. The summed E-state index contributed by atoms with van der Waals surface area (Å²) in [6, 6.07) is 5.33. The van der Waals surface area contributed by atoms with Gasteiger partial charge in [0, 0.05) is 6.54 Å². The lowest BCUT2D eigenvalue weighted by molar-refractivity contribution is 0.0884. The van der Waals surface area contributed by atoms with Gasteiger partial charge < -0.3 is 10.2 Å². The summed E-state index contributed by atoms with van der Waals surface area (Å²) in [6.07, 6.45) is 0.780. The molecule has 0 spiro atoms. The fraction of sp³-hybridized carbons (Fsp3) is 0.286. The molecular weight excluding hydrogens is 263 g/mol. The molecule has 1 heterocycles. The zero-order chi connectivity index (χ0) is 14.7. The summed E-state index contributed by atoms with van der Waals surface area (Å²) in [5, 5.41) is 3.33. The van der Waals surface area contributed by atoms with Crippen molar-refractivity contribution < 1.29 is 14.0 Å². The predicted octanol–water partition coefficient (Wildman–Crippen LogP) is 1.34. The van der Waals surface area contributed by atoms with Crippen LogP contribution < -0.4 is 15.7 Å². The van der Waals surface area contributed by atoms with E-state index in [1.807, 2.05) is 6.92 Å². The fourth-order valence-electron chi connectivity index (χ4n) is 1.93. The van der Waals surface area contributed by atoms with Crippen LogP contribution in [0.1, 0.15) is 23.8 Å². The number of rotatable bonds is 4. The van der Waals surface area contributed by atoms with Gasteiger partial charge in [-0.25, -0.2) is 4.39 Å². The Morgan fingerprint density at radius 2 is 2.15 bits per heavy atom. The average Bonchev–Trinajstić information content (AvgIpc) is 2.45. The van der Waals surface area contributed by atoms with E-state index in [1.54, 1.807) is 0 Å². The molecule has 1 aromatic heterocycles. The molecule has 1 N–H and O–H groups in total. The lowest BCUT2D eigenvalue weighted by Crippen LogP contribution is -2.35. The van der Waals surface area contributed by atoms with E-state index < -0.39 is 17.3 Å². The van der Waals surface area contributed by atoms with Gasteiger partial charge in [-0.05, 0) is 30.0 Å². The van der Waals surface area contributed by atoms with Crippen LogP contribution in [-0.4, -0.2) is 24.3 Å². The highest BCUT2D eigenvalue weighted by Crippen LogP contribution is 2.13. The molecule has 0 saturated carbocycles. The Balaban J connectivity index is 2.63. The van der Waals surface area contributed by atoms with Crippen molar-refractivity contribution in [3.8, 4) is 0 Å². The van der Waals surface area contributed by atoms with Crippen molar-refractivity contribution in [3.63, 3.8) is 0 Å². The Bertz CT molecular complexity index is 709. The number of fused-ring (bicyclic) bond motifs is 1. The predicted molar refractivity (Wildman–Crippen MR) is 73.3 cm³/mol. The SMILES string of the molecule is CCCNC(=O)c1cc2ccc(F)cc2c(=O)n1OC. The summed E-state index contributed by atoms with van der Waals surface area (Å²) in [5.74, 6) is -0.919. The van der Waals surface area contributed by atoms with Crippen LogP contribution in [0.4, 0.5) is 4.39 Å². The standard InChI is InChI=1S/C14H15FN2O3/c1-3-6-16-13(18)12-7-9-4-5-10(15)8-11(9)14(19)17(12)20-2/h4-5,7-8H,3,6H2,1-2H3,(H,16,18). The first-order chi connectivity index (χ1) is 9.58. The second kappa shape index (κ2) is 5.73. The maximum atomic E-state index is 13.2. The maximum Gasteiger partial charge on any atom is 0.291 e. The van der Waals surface area contributed by atoms with Gasteiger partial charge in [-0.15, -0.1) is 4.73 Å². The number of nitrogens with zero attached hydrogens (tertiary/aromatic N) is 1. The highest BCUT2D eigenvalue weighted by Gasteiger charge is 2.16. The summed E-state index contributed by atoms with van der Waals surface area (Å²) >= 11 is 0. The molecule has 2 aromatic rings. The van der Waals surface area contributed by atoms with E-state index in [9.17, 15) is 14.0 Å². The zero-order valence-corrected chi connectivity index (χ0v) is 11.3. The lowest BCUT2D eigenvalue weighted by atomic mass is 10.1. The van der Waals surface area contributed by atoms with E-state index in [0.29, 0.717) is 11.9 Å². The van der Waals surface area contributed by atoms with Gasteiger partial charge in [0.15, 0.2) is 0 Å². The van der Waals surface area contributed by atoms with Crippen molar-refractivity contribution in [2.75, 3.05) is 13.7 Å². The first-order valence-electron chi connectivity index (χ1n) is 6.26. The topological polar surface area (TPSA) is 60.3 Å². The van der Waals surface area contributed by atoms with Crippen molar-refractivity contribution in [2.24, 2.45) is 0 Å². The summed E-state index contributed by atoms with van der Waals surface area (Å²) in [6.45, 7) is 2.42. The van der Waals surface area contributed by atoms with Gasteiger partial charge >= 0.3 is 0 Å². The lowest BCUT2D eigenvalue weighted by Gasteiger charge is -2.12. The van der Waals surface area contributed by atoms with Crippen molar-refractivity contribution in [1.82, 2.24) is 10.0 Å². The number of hydrogen-bond donors (Lipinski definition) is 1. The molecule has 0 fully saturated rings. The van der Waals surface area contributed by atoms with E-state index in [1.165, 1.54) is 25.3 Å². The molecule has 0 bridgehead atoms. The third-order valence-corrected chi connectivity index (χ3v) is 2.89. The van der Waals surface area contributed by atoms with E-state index in [0.717, 1.165) is 17.2 Å². The molecular formula is C14H15FN2O3. The van der Waals surface area contributed by atoms with Gasteiger partial charge in [-0.3, -0.25) is 9.59 Å². The average molecular weight is 278 g/mol.